The Morgan fingerprint density at radius 1 is 1.28 bits per heavy atom. The van der Waals surface area contributed by atoms with E-state index < -0.39 is 18.1 Å². The van der Waals surface area contributed by atoms with E-state index in [1.165, 1.54) is 12.1 Å². The van der Waals surface area contributed by atoms with Gasteiger partial charge in [0.15, 0.2) is 0 Å². The molecule has 1 N–H and O–H groups in total. The van der Waals surface area contributed by atoms with Crippen LogP contribution in [0, 0.1) is 5.82 Å². The molecule has 0 unspecified atom stereocenters. The third-order valence-electron chi connectivity index (χ3n) is 4.19. The van der Waals surface area contributed by atoms with Gasteiger partial charge in [0.1, 0.15) is 11.9 Å². The second-order valence-corrected chi connectivity index (χ2v) is 6.01. The number of oxime groups is 1. The average Bonchev–Trinajstić information content (AvgIpc) is 3.12. The quantitative estimate of drug-likeness (QED) is 0.867. The maximum Gasteiger partial charge on any atom is 0.264 e. The van der Waals surface area contributed by atoms with E-state index in [2.05, 4.69) is 10.5 Å². The molecule has 3 rings (SSSR count). The van der Waals surface area contributed by atoms with Gasteiger partial charge in [-0.05, 0) is 24.6 Å². The molecule has 7 nitrogen and oxygen atoms in total. The van der Waals surface area contributed by atoms with Crippen LogP contribution in [0.1, 0.15) is 18.9 Å². The highest BCUT2D eigenvalue weighted by Crippen LogP contribution is 2.17. The van der Waals surface area contributed by atoms with E-state index >= 15 is 0 Å². The minimum atomic E-state index is -0.792. The fraction of sp³-hybridized carbons (Fsp3) is 0.471. The molecular formula is C17H20FN3O4. The standard InChI is InChI=1S/C17H20FN3O4/c1-11(17(23)21-6-8-24-9-7-21)19-16(22)15-10-14(20-25-15)12-2-4-13(18)5-3-12/h2-5,11,15H,6-10H2,1H3,(H,19,22)/t11-,15-/m0/s1. The first-order valence-corrected chi connectivity index (χ1v) is 8.20. The van der Waals surface area contributed by atoms with Gasteiger partial charge < -0.3 is 19.8 Å². The van der Waals surface area contributed by atoms with Crippen molar-refractivity contribution in [2.24, 2.45) is 5.16 Å². The zero-order chi connectivity index (χ0) is 17.8. The number of nitrogens with zero attached hydrogens (tertiary/aromatic N) is 2. The minimum Gasteiger partial charge on any atom is -0.382 e. The predicted molar refractivity (Wildman–Crippen MR) is 87.4 cm³/mol. The lowest BCUT2D eigenvalue weighted by Crippen LogP contribution is -2.52. The number of ether oxygens (including phenoxy) is 1. The number of carbonyl (C=O) groups excluding carboxylic acids is 2. The highest BCUT2D eigenvalue weighted by atomic mass is 19.1. The number of nitrogens with one attached hydrogen (secondary N) is 1. The zero-order valence-electron chi connectivity index (χ0n) is 13.9. The largest absolute Gasteiger partial charge is 0.382 e. The summed E-state index contributed by atoms with van der Waals surface area (Å²) >= 11 is 0. The van der Waals surface area contributed by atoms with E-state index in [0.29, 0.717) is 37.6 Å². The maximum absolute atomic E-state index is 13.0. The molecule has 0 spiro atoms. The Bertz CT molecular complexity index is 671. The zero-order valence-corrected chi connectivity index (χ0v) is 13.9. The molecule has 2 atom stereocenters. The van der Waals surface area contributed by atoms with Gasteiger partial charge in [0.25, 0.3) is 5.91 Å². The number of morpholine rings is 1. The fourth-order valence-corrected chi connectivity index (χ4v) is 2.76. The molecule has 1 aromatic carbocycles. The molecule has 8 heteroatoms. The summed E-state index contributed by atoms with van der Waals surface area (Å²) < 4.78 is 18.2. The first-order chi connectivity index (χ1) is 12.0. The minimum absolute atomic E-state index is 0.144. The van der Waals surface area contributed by atoms with E-state index in [-0.39, 0.29) is 18.1 Å². The van der Waals surface area contributed by atoms with Gasteiger partial charge in [-0.15, -0.1) is 0 Å². The van der Waals surface area contributed by atoms with Crippen molar-refractivity contribution in [3.63, 3.8) is 0 Å². The van der Waals surface area contributed by atoms with Gasteiger partial charge >= 0.3 is 0 Å². The smallest absolute Gasteiger partial charge is 0.264 e. The van der Waals surface area contributed by atoms with Crippen LogP contribution in [0.5, 0.6) is 0 Å². The molecule has 1 aromatic rings. The SMILES string of the molecule is C[C@H](NC(=O)[C@@H]1CC(c2ccc(F)cc2)=NO1)C(=O)N1CCOCC1. The van der Waals surface area contributed by atoms with Crippen LogP contribution in [0.4, 0.5) is 4.39 Å². The van der Waals surface area contributed by atoms with Crippen molar-refractivity contribution in [1.82, 2.24) is 10.2 Å². The Kier molecular flexibility index (Phi) is 5.28. The molecule has 134 valence electrons. The van der Waals surface area contributed by atoms with Crippen molar-refractivity contribution in [2.45, 2.75) is 25.5 Å². The lowest BCUT2D eigenvalue weighted by atomic mass is 10.0. The normalized spacial score (nSPS) is 21.3. The highest BCUT2D eigenvalue weighted by molar-refractivity contribution is 6.04. The topological polar surface area (TPSA) is 80.2 Å². The van der Waals surface area contributed by atoms with Crippen LogP contribution in [0.25, 0.3) is 0 Å². The number of hydrogen-bond acceptors (Lipinski definition) is 5. The van der Waals surface area contributed by atoms with E-state index in [1.807, 2.05) is 0 Å². The summed E-state index contributed by atoms with van der Waals surface area (Å²) in [4.78, 5) is 31.5. The molecule has 2 aliphatic heterocycles. The monoisotopic (exact) mass is 349 g/mol. The van der Waals surface area contributed by atoms with Crippen LogP contribution in [-0.2, 0) is 19.2 Å². The predicted octanol–water partition coefficient (Wildman–Crippen LogP) is 0.682. The van der Waals surface area contributed by atoms with Crippen molar-refractivity contribution >= 4 is 17.5 Å². The first-order valence-electron chi connectivity index (χ1n) is 8.20. The van der Waals surface area contributed by atoms with E-state index in [1.54, 1.807) is 24.0 Å². The Morgan fingerprint density at radius 3 is 2.64 bits per heavy atom. The van der Waals surface area contributed by atoms with Crippen LogP contribution in [0.2, 0.25) is 0 Å². The summed E-state index contributed by atoms with van der Waals surface area (Å²) in [6.45, 7) is 3.71. The van der Waals surface area contributed by atoms with Gasteiger partial charge in [-0.3, -0.25) is 9.59 Å². The van der Waals surface area contributed by atoms with Gasteiger partial charge in [0.2, 0.25) is 12.0 Å². The Morgan fingerprint density at radius 2 is 1.96 bits per heavy atom. The third-order valence-corrected chi connectivity index (χ3v) is 4.19. The molecule has 2 aliphatic rings. The van der Waals surface area contributed by atoms with E-state index in [0.717, 1.165) is 0 Å². The Balaban J connectivity index is 1.52. The van der Waals surface area contributed by atoms with Crippen molar-refractivity contribution in [2.75, 3.05) is 26.3 Å². The second-order valence-electron chi connectivity index (χ2n) is 6.01. The molecule has 2 amide bonds. The molecule has 0 aromatic heterocycles. The molecule has 1 fully saturated rings. The number of amides is 2. The summed E-state index contributed by atoms with van der Waals surface area (Å²) in [5.41, 5.74) is 1.28. The number of carbonyl (C=O) groups is 2. The van der Waals surface area contributed by atoms with Crippen molar-refractivity contribution in [3.8, 4) is 0 Å². The van der Waals surface area contributed by atoms with E-state index in [4.69, 9.17) is 9.57 Å². The fourth-order valence-electron chi connectivity index (χ4n) is 2.76. The summed E-state index contributed by atoms with van der Waals surface area (Å²) in [5, 5.41) is 6.57. The molecule has 0 aliphatic carbocycles. The maximum atomic E-state index is 13.0. The first kappa shape index (κ1) is 17.3. The molecule has 1 saturated heterocycles. The van der Waals surface area contributed by atoms with Gasteiger partial charge in [-0.1, -0.05) is 17.3 Å². The summed E-state index contributed by atoms with van der Waals surface area (Å²) in [7, 11) is 0. The van der Waals surface area contributed by atoms with Crippen molar-refractivity contribution in [3.05, 3.63) is 35.6 Å². The van der Waals surface area contributed by atoms with Crippen LogP contribution < -0.4 is 5.32 Å². The molecular weight excluding hydrogens is 329 g/mol. The van der Waals surface area contributed by atoms with Crippen LogP contribution in [0.3, 0.4) is 0 Å². The molecule has 0 bridgehead atoms. The van der Waals surface area contributed by atoms with Gasteiger partial charge in [-0.2, -0.15) is 0 Å². The van der Waals surface area contributed by atoms with Gasteiger partial charge in [0, 0.05) is 19.5 Å². The second kappa shape index (κ2) is 7.60. The van der Waals surface area contributed by atoms with Gasteiger partial charge in [-0.25, -0.2) is 4.39 Å². The summed E-state index contributed by atoms with van der Waals surface area (Å²) in [6, 6.07) is 5.18. The number of halogens is 1. The Hall–Kier alpha value is -2.48. The number of rotatable bonds is 4. The molecule has 2 heterocycles. The average molecular weight is 349 g/mol. The van der Waals surface area contributed by atoms with Crippen molar-refractivity contribution in [1.29, 1.82) is 0 Å². The molecule has 0 radical (unpaired) electrons. The summed E-state index contributed by atoms with van der Waals surface area (Å²) in [6.07, 6.45) is -0.518. The van der Waals surface area contributed by atoms with Crippen molar-refractivity contribution < 1.29 is 23.6 Å². The summed E-state index contributed by atoms with van der Waals surface area (Å²) in [5.74, 6) is -0.877. The lowest BCUT2D eigenvalue weighted by molar-refractivity contribution is -0.141. The molecule has 0 saturated carbocycles. The number of benzene rings is 1. The lowest BCUT2D eigenvalue weighted by Gasteiger charge is -2.29. The van der Waals surface area contributed by atoms with Gasteiger partial charge in [0.05, 0.1) is 18.9 Å². The number of hydrogen-bond donors (Lipinski definition) is 1. The van der Waals surface area contributed by atoms with E-state index in [9.17, 15) is 14.0 Å². The van der Waals surface area contributed by atoms with Crippen LogP contribution >= 0.6 is 0 Å². The molecule has 25 heavy (non-hydrogen) atoms. The van der Waals surface area contributed by atoms with Crippen LogP contribution in [-0.4, -0.2) is 60.9 Å². The van der Waals surface area contributed by atoms with Crippen LogP contribution in [0.15, 0.2) is 29.4 Å². The Labute approximate surface area is 144 Å². The highest BCUT2D eigenvalue weighted by Gasteiger charge is 2.32. The third kappa shape index (κ3) is 4.14.